The van der Waals surface area contributed by atoms with Crippen LogP contribution in [0.4, 0.5) is 5.69 Å². The summed E-state index contributed by atoms with van der Waals surface area (Å²) in [5.74, 6) is -0.738. The van der Waals surface area contributed by atoms with Gasteiger partial charge in [0.15, 0.2) is 0 Å². The van der Waals surface area contributed by atoms with E-state index in [4.69, 9.17) is 28.9 Å². The van der Waals surface area contributed by atoms with Gasteiger partial charge in [-0.3, -0.25) is 9.52 Å². The number of halogens is 2. The van der Waals surface area contributed by atoms with Gasteiger partial charge in [0.25, 0.3) is 15.9 Å². The number of hydrogen-bond donors (Lipinski definition) is 2. The molecule has 0 aliphatic carbocycles. The smallest absolute Gasteiger partial charge is 0.262 e. The summed E-state index contributed by atoms with van der Waals surface area (Å²) in [7, 11) is -3.94. The fourth-order valence-corrected chi connectivity index (χ4v) is 3.48. The average molecular weight is 345 g/mol. The number of para-hydroxylation sites is 1. The van der Waals surface area contributed by atoms with Crippen molar-refractivity contribution in [2.45, 2.75) is 4.90 Å². The molecule has 0 atom stereocenters. The number of carbonyl (C=O) groups excluding carboxylic acids is 1. The van der Waals surface area contributed by atoms with Gasteiger partial charge in [0, 0.05) is 10.0 Å². The van der Waals surface area contributed by atoms with Crippen LogP contribution in [-0.2, 0) is 10.0 Å². The van der Waals surface area contributed by atoms with E-state index in [1.807, 2.05) is 0 Å². The predicted molar refractivity (Wildman–Crippen MR) is 82.2 cm³/mol. The van der Waals surface area contributed by atoms with Gasteiger partial charge < -0.3 is 5.73 Å². The second-order valence-electron chi connectivity index (χ2n) is 4.12. The highest BCUT2D eigenvalue weighted by atomic mass is 35.5. The van der Waals surface area contributed by atoms with Gasteiger partial charge in [0.2, 0.25) is 0 Å². The van der Waals surface area contributed by atoms with Crippen LogP contribution in [0.2, 0.25) is 10.0 Å². The predicted octanol–water partition coefficient (Wildman–Crippen LogP) is 2.89. The molecule has 110 valence electrons. The Kier molecular flexibility index (Phi) is 4.41. The Hall–Kier alpha value is -1.76. The summed E-state index contributed by atoms with van der Waals surface area (Å²) in [6.45, 7) is 0. The van der Waals surface area contributed by atoms with Gasteiger partial charge in [-0.2, -0.15) is 0 Å². The number of amides is 1. The van der Waals surface area contributed by atoms with E-state index in [1.54, 1.807) is 12.1 Å². The number of nitrogens with two attached hydrogens (primary N) is 1. The van der Waals surface area contributed by atoms with Gasteiger partial charge in [-0.15, -0.1) is 0 Å². The van der Waals surface area contributed by atoms with Crippen LogP contribution in [0.5, 0.6) is 0 Å². The lowest BCUT2D eigenvalue weighted by Crippen LogP contribution is -2.18. The van der Waals surface area contributed by atoms with Crippen LogP contribution in [-0.4, -0.2) is 14.3 Å². The first kappa shape index (κ1) is 15.6. The van der Waals surface area contributed by atoms with Gasteiger partial charge in [0.1, 0.15) is 0 Å². The molecule has 0 fully saturated rings. The molecule has 0 saturated heterocycles. The molecule has 0 radical (unpaired) electrons. The third kappa shape index (κ3) is 3.66. The standard InChI is InChI=1S/C13H10Cl2N2O3S/c14-8-5-9(15)7-10(6-8)21(19,20)17-12-4-2-1-3-11(12)13(16)18/h1-7,17H,(H2,16,18). The fourth-order valence-electron chi connectivity index (χ4n) is 1.67. The summed E-state index contributed by atoms with van der Waals surface area (Å²) >= 11 is 11.6. The van der Waals surface area contributed by atoms with Gasteiger partial charge in [-0.05, 0) is 30.3 Å². The van der Waals surface area contributed by atoms with Crippen molar-refractivity contribution in [2.24, 2.45) is 5.73 Å². The monoisotopic (exact) mass is 344 g/mol. The summed E-state index contributed by atoms with van der Waals surface area (Å²) in [4.78, 5) is 11.2. The van der Waals surface area contributed by atoms with Gasteiger partial charge >= 0.3 is 0 Å². The van der Waals surface area contributed by atoms with Crippen molar-refractivity contribution in [3.63, 3.8) is 0 Å². The number of benzene rings is 2. The highest BCUT2D eigenvalue weighted by Crippen LogP contribution is 2.25. The van der Waals surface area contributed by atoms with Crippen molar-refractivity contribution in [2.75, 3.05) is 4.72 Å². The minimum absolute atomic E-state index is 0.0641. The van der Waals surface area contributed by atoms with Crippen molar-refractivity contribution in [1.82, 2.24) is 0 Å². The molecule has 2 rings (SSSR count). The molecule has 0 unspecified atom stereocenters. The van der Waals surface area contributed by atoms with E-state index in [9.17, 15) is 13.2 Å². The number of hydrogen-bond acceptors (Lipinski definition) is 3. The molecule has 0 bridgehead atoms. The second kappa shape index (κ2) is 5.93. The largest absolute Gasteiger partial charge is 0.366 e. The molecule has 0 aliphatic rings. The first-order valence-electron chi connectivity index (χ1n) is 5.67. The molecule has 8 heteroatoms. The topological polar surface area (TPSA) is 89.3 Å². The van der Waals surface area contributed by atoms with Crippen molar-refractivity contribution >= 4 is 44.8 Å². The Balaban J connectivity index is 2.45. The molecule has 0 aromatic heterocycles. The Bertz CT molecular complexity index is 787. The van der Waals surface area contributed by atoms with E-state index in [1.165, 1.54) is 30.3 Å². The quantitative estimate of drug-likeness (QED) is 0.893. The summed E-state index contributed by atoms with van der Waals surface area (Å²) in [6, 6.07) is 9.93. The normalized spacial score (nSPS) is 11.1. The van der Waals surface area contributed by atoms with E-state index >= 15 is 0 Å². The molecule has 1 amide bonds. The van der Waals surface area contributed by atoms with E-state index in [0.29, 0.717) is 0 Å². The summed E-state index contributed by atoms with van der Waals surface area (Å²) in [5, 5.41) is 0.372. The SMILES string of the molecule is NC(=O)c1ccccc1NS(=O)(=O)c1cc(Cl)cc(Cl)c1. The maximum atomic E-state index is 12.3. The number of primary amides is 1. The van der Waals surface area contributed by atoms with E-state index < -0.39 is 15.9 Å². The highest BCUT2D eigenvalue weighted by Gasteiger charge is 2.18. The zero-order chi connectivity index (χ0) is 15.6. The number of sulfonamides is 1. The Morgan fingerprint density at radius 2 is 1.62 bits per heavy atom. The zero-order valence-electron chi connectivity index (χ0n) is 10.5. The molecular formula is C13H10Cl2N2O3S. The molecule has 2 aromatic carbocycles. The summed E-state index contributed by atoms with van der Waals surface area (Å²) in [5.41, 5.74) is 5.35. The van der Waals surface area contributed by atoms with Crippen LogP contribution in [0.1, 0.15) is 10.4 Å². The molecular weight excluding hydrogens is 335 g/mol. The first-order chi connectivity index (χ1) is 9.79. The van der Waals surface area contributed by atoms with E-state index in [-0.39, 0.29) is 26.2 Å². The van der Waals surface area contributed by atoms with Crippen LogP contribution in [0.15, 0.2) is 47.4 Å². The van der Waals surface area contributed by atoms with Crippen molar-refractivity contribution < 1.29 is 13.2 Å². The van der Waals surface area contributed by atoms with Gasteiger partial charge in [0.05, 0.1) is 16.1 Å². The molecule has 5 nitrogen and oxygen atoms in total. The maximum Gasteiger partial charge on any atom is 0.262 e. The van der Waals surface area contributed by atoms with Crippen molar-refractivity contribution in [1.29, 1.82) is 0 Å². The third-order valence-electron chi connectivity index (χ3n) is 2.58. The number of nitrogens with one attached hydrogen (secondary N) is 1. The second-order valence-corrected chi connectivity index (χ2v) is 6.68. The third-order valence-corrected chi connectivity index (χ3v) is 4.36. The number of anilines is 1. The Labute approximate surface area is 131 Å². The minimum Gasteiger partial charge on any atom is -0.366 e. The Morgan fingerprint density at radius 1 is 1.05 bits per heavy atom. The maximum absolute atomic E-state index is 12.3. The number of rotatable bonds is 4. The molecule has 21 heavy (non-hydrogen) atoms. The lowest BCUT2D eigenvalue weighted by atomic mass is 10.2. The van der Waals surface area contributed by atoms with Crippen molar-refractivity contribution in [3.05, 3.63) is 58.1 Å². The minimum atomic E-state index is -3.94. The molecule has 3 N–H and O–H groups in total. The van der Waals surface area contributed by atoms with Crippen LogP contribution >= 0.6 is 23.2 Å². The molecule has 0 spiro atoms. The number of carbonyl (C=O) groups is 1. The fraction of sp³-hybridized carbons (Fsp3) is 0. The lowest BCUT2D eigenvalue weighted by Gasteiger charge is -2.11. The molecule has 0 heterocycles. The Morgan fingerprint density at radius 3 is 2.19 bits per heavy atom. The van der Waals surface area contributed by atoms with Crippen LogP contribution in [0.25, 0.3) is 0 Å². The summed E-state index contributed by atoms with van der Waals surface area (Å²) in [6.07, 6.45) is 0. The van der Waals surface area contributed by atoms with Gasteiger partial charge in [-0.25, -0.2) is 8.42 Å². The zero-order valence-corrected chi connectivity index (χ0v) is 12.8. The van der Waals surface area contributed by atoms with Crippen molar-refractivity contribution in [3.8, 4) is 0 Å². The molecule has 0 saturated carbocycles. The van der Waals surface area contributed by atoms with E-state index in [2.05, 4.69) is 4.72 Å². The lowest BCUT2D eigenvalue weighted by molar-refractivity contribution is 0.100. The van der Waals surface area contributed by atoms with Crippen LogP contribution < -0.4 is 10.5 Å². The molecule has 0 aliphatic heterocycles. The first-order valence-corrected chi connectivity index (χ1v) is 7.91. The van der Waals surface area contributed by atoms with Crippen LogP contribution in [0, 0.1) is 0 Å². The average Bonchev–Trinajstić information content (AvgIpc) is 2.37. The van der Waals surface area contributed by atoms with Crippen LogP contribution in [0.3, 0.4) is 0 Å². The van der Waals surface area contributed by atoms with E-state index in [0.717, 1.165) is 0 Å². The summed E-state index contributed by atoms with van der Waals surface area (Å²) < 4.78 is 26.9. The molecule has 2 aromatic rings. The highest BCUT2D eigenvalue weighted by molar-refractivity contribution is 7.92. The van der Waals surface area contributed by atoms with Gasteiger partial charge in [-0.1, -0.05) is 35.3 Å².